The van der Waals surface area contributed by atoms with Crippen molar-refractivity contribution in [3.8, 4) is 0 Å². The Morgan fingerprint density at radius 3 is 2.67 bits per heavy atom. The first-order chi connectivity index (χ1) is 12.8. The number of aryl methyl sites for hydroxylation is 2. The van der Waals surface area contributed by atoms with Gasteiger partial charge in [0, 0.05) is 10.9 Å². The number of fused-ring (bicyclic) bond motifs is 1. The molecule has 2 heterocycles. The molecular formula is C21H24ClN3O2. The van der Waals surface area contributed by atoms with Crippen LogP contribution >= 0.6 is 11.6 Å². The number of nitrogens with one attached hydrogen (secondary N) is 1. The zero-order valence-electron chi connectivity index (χ0n) is 15.9. The van der Waals surface area contributed by atoms with Crippen molar-refractivity contribution in [2.75, 3.05) is 0 Å². The van der Waals surface area contributed by atoms with Gasteiger partial charge in [0.1, 0.15) is 10.7 Å². The lowest BCUT2D eigenvalue weighted by Gasteiger charge is -2.33. The van der Waals surface area contributed by atoms with E-state index in [9.17, 15) is 9.59 Å². The van der Waals surface area contributed by atoms with Gasteiger partial charge >= 0.3 is 6.03 Å². The van der Waals surface area contributed by atoms with Crippen LogP contribution < -0.4 is 5.32 Å². The standard InChI is InChI=1S/C21H24ClN3O2/c1-12-6-8-21(9-7-12)19(26)25(20(27)24-21)11-16-10-15-5-4-13(2)14(3)17(15)23-18(16)22/h4-5,10,12H,6-9,11H2,1-3H3,(H,24,27). The largest absolute Gasteiger partial charge is 0.325 e. The highest BCUT2D eigenvalue weighted by atomic mass is 35.5. The fourth-order valence-electron chi connectivity index (χ4n) is 4.20. The van der Waals surface area contributed by atoms with Crippen LogP contribution in [0.3, 0.4) is 0 Å². The van der Waals surface area contributed by atoms with Gasteiger partial charge in [-0.1, -0.05) is 30.7 Å². The third kappa shape index (κ3) is 2.98. The van der Waals surface area contributed by atoms with Crippen LogP contribution in [0.1, 0.15) is 49.3 Å². The number of benzene rings is 1. The van der Waals surface area contributed by atoms with Gasteiger partial charge < -0.3 is 5.32 Å². The maximum atomic E-state index is 13.1. The normalized spacial score (nSPS) is 25.5. The Hall–Kier alpha value is -2.14. The summed E-state index contributed by atoms with van der Waals surface area (Å²) in [5, 5.41) is 4.26. The van der Waals surface area contributed by atoms with Gasteiger partial charge in [-0.05, 0) is 62.6 Å². The Morgan fingerprint density at radius 1 is 1.26 bits per heavy atom. The Bertz CT molecular complexity index is 948. The number of pyridine rings is 1. The number of aromatic nitrogens is 1. The number of halogens is 1. The van der Waals surface area contributed by atoms with Crippen LogP contribution in [0.15, 0.2) is 18.2 Å². The van der Waals surface area contributed by atoms with E-state index in [0.717, 1.165) is 34.9 Å². The summed E-state index contributed by atoms with van der Waals surface area (Å²) in [7, 11) is 0. The lowest BCUT2D eigenvalue weighted by atomic mass is 9.77. The number of hydrogen-bond donors (Lipinski definition) is 1. The number of imide groups is 1. The van der Waals surface area contributed by atoms with Gasteiger partial charge in [-0.25, -0.2) is 9.78 Å². The maximum absolute atomic E-state index is 13.1. The van der Waals surface area contributed by atoms with Crippen molar-refractivity contribution >= 4 is 34.4 Å². The predicted molar refractivity (Wildman–Crippen MR) is 106 cm³/mol. The first-order valence-corrected chi connectivity index (χ1v) is 9.88. The third-order valence-corrected chi connectivity index (χ3v) is 6.57. The zero-order chi connectivity index (χ0) is 19.3. The van der Waals surface area contributed by atoms with E-state index in [0.29, 0.717) is 29.5 Å². The number of amides is 3. The molecule has 1 N–H and O–H groups in total. The maximum Gasteiger partial charge on any atom is 0.325 e. The van der Waals surface area contributed by atoms with Gasteiger partial charge in [-0.2, -0.15) is 0 Å². The van der Waals surface area contributed by atoms with Crippen molar-refractivity contribution < 1.29 is 9.59 Å². The van der Waals surface area contributed by atoms with Crippen LogP contribution in [0.2, 0.25) is 5.15 Å². The van der Waals surface area contributed by atoms with Gasteiger partial charge in [0.05, 0.1) is 12.1 Å². The van der Waals surface area contributed by atoms with Gasteiger partial charge in [0.2, 0.25) is 0 Å². The number of rotatable bonds is 2. The minimum atomic E-state index is -0.728. The molecule has 0 atom stereocenters. The Labute approximate surface area is 164 Å². The van der Waals surface area contributed by atoms with Crippen molar-refractivity contribution in [2.45, 2.75) is 58.5 Å². The topological polar surface area (TPSA) is 62.3 Å². The number of hydrogen-bond acceptors (Lipinski definition) is 3. The van der Waals surface area contributed by atoms with Gasteiger partial charge in [-0.3, -0.25) is 9.69 Å². The number of carbonyl (C=O) groups excluding carboxylic acids is 2. The Morgan fingerprint density at radius 2 is 1.96 bits per heavy atom. The first-order valence-electron chi connectivity index (χ1n) is 9.50. The summed E-state index contributed by atoms with van der Waals surface area (Å²) in [6.07, 6.45) is 3.32. The van der Waals surface area contributed by atoms with Crippen LogP contribution in [0.25, 0.3) is 10.9 Å². The van der Waals surface area contributed by atoms with Gasteiger partial charge in [0.25, 0.3) is 5.91 Å². The minimum Gasteiger partial charge on any atom is -0.323 e. The Kier molecular flexibility index (Phi) is 4.38. The van der Waals surface area contributed by atoms with Gasteiger partial charge in [-0.15, -0.1) is 0 Å². The second kappa shape index (κ2) is 6.48. The summed E-state index contributed by atoms with van der Waals surface area (Å²) in [6.45, 7) is 6.40. The molecule has 5 nitrogen and oxygen atoms in total. The molecule has 1 spiro atoms. The summed E-state index contributed by atoms with van der Waals surface area (Å²) in [6, 6.07) is 5.65. The van der Waals surface area contributed by atoms with Crippen LogP contribution in [-0.2, 0) is 11.3 Å². The molecule has 2 fully saturated rings. The van der Waals surface area contributed by atoms with Crippen LogP contribution in [-0.4, -0.2) is 27.4 Å². The quantitative estimate of drug-likeness (QED) is 0.611. The number of urea groups is 1. The molecule has 1 aromatic carbocycles. The molecule has 1 aliphatic heterocycles. The molecule has 0 bridgehead atoms. The van der Waals surface area contributed by atoms with Crippen molar-refractivity contribution in [2.24, 2.45) is 5.92 Å². The highest BCUT2D eigenvalue weighted by Crippen LogP contribution is 2.37. The van der Waals surface area contributed by atoms with E-state index in [2.05, 4.69) is 17.2 Å². The smallest absolute Gasteiger partial charge is 0.323 e. The zero-order valence-corrected chi connectivity index (χ0v) is 16.7. The first kappa shape index (κ1) is 18.2. The summed E-state index contributed by atoms with van der Waals surface area (Å²) in [5.74, 6) is 0.468. The van der Waals surface area contributed by atoms with Crippen molar-refractivity contribution in [3.63, 3.8) is 0 Å². The summed E-state index contributed by atoms with van der Waals surface area (Å²) in [4.78, 5) is 31.4. The van der Waals surface area contributed by atoms with Crippen molar-refractivity contribution in [1.29, 1.82) is 0 Å². The summed E-state index contributed by atoms with van der Waals surface area (Å²) < 4.78 is 0. The monoisotopic (exact) mass is 385 g/mol. The van der Waals surface area contributed by atoms with Crippen LogP contribution in [0, 0.1) is 19.8 Å². The van der Waals surface area contributed by atoms with E-state index >= 15 is 0 Å². The molecule has 0 radical (unpaired) electrons. The molecule has 1 saturated carbocycles. The molecule has 1 aliphatic carbocycles. The second-order valence-corrected chi connectivity index (χ2v) is 8.46. The van der Waals surface area contributed by atoms with Crippen LogP contribution in [0.5, 0.6) is 0 Å². The molecule has 2 aliphatic rings. The minimum absolute atomic E-state index is 0.129. The average Bonchev–Trinajstić information content (AvgIpc) is 2.86. The fourth-order valence-corrected chi connectivity index (χ4v) is 4.40. The number of carbonyl (C=O) groups is 2. The third-order valence-electron chi connectivity index (χ3n) is 6.24. The highest BCUT2D eigenvalue weighted by Gasteiger charge is 2.52. The van der Waals surface area contributed by atoms with E-state index in [1.54, 1.807) is 0 Å². The van der Waals surface area contributed by atoms with E-state index in [1.807, 2.05) is 32.0 Å². The lowest BCUT2D eigenvalue weighted by Crippen LogP contribution is -2.49. The van der Waals surface area contributed by atoms with Crippen molar-refractivity contribution in [3.05, 3.63) is 40.0 Å². The average molecular weight is 386 g/mol. The second-order valence-electron chi connectivity index (χ2n) is 8.10. The predicted octanol–water partition coefficient (Wildman–Crippen LogP) is 4.51. The molecule has 27 heavy (non-hydrogen) atoms. The fraction of sp³-hybridized carbons (Fsp3) is 0.476. The lowest BCUT2D eigenvalue weighted by molar-refractivity contribution is -0.133. The highest BCUT2D eigenvalue weighted by molar-refractivity contribution is 6.30. The molecule has 2 aromatic rings. The van der Waals surface area contributed by atoms with Crippen LogP contribution in [0.4, 0.5) is 4.79 Å². The van der Waals surface area contributed by atoms with Crippen molar-refractivity contribution in [1.82, 2.24) is 15.2 Å². The molecule has 142 valence electrons. The molecule has 1 saturated heterocycles. The molecule has 4 rings (SSSR count). The number of nitrogens with zero attached hydrogens (tertiary/aromatic N) is 2. The van der Waals surface area contributed by atoms with E-state index in [4.69, 9.17) is 11.6 Å². The molecule has 1 aromatic heterocycles. The molecule has 6 heteroatoms. The summed E-state index contributed by atoms with van der Waals surface area (Å²) >= 11 is 6.42. The molecule has 3 amide bonds. The molecule has 0 unspecified atom stereocenters. The Balaban J connectivity index is 1.64. The summed E-state index contributed by atoms with van der Waals surface area (Å²) in [5.41, 5.74) is 3.07. The van der Waals surface area contributed by atoms with E-state index < -0.39 is 5.54 Å². The van der Waals surface area contributed by atoms with Gasteiger partial charge in [0.15, 0.2) is 0 Å². The van der Waals surface area contributed by atoms with E-state index in [-0.39, 0.29) is 18.5 Å². The van der Waals surface area contributed by atoms with E-state index in [1.165, 1.54) is 4.90 Å². The molecular weight excluding hydrogens is 362 g/mol. The SMILES string of the molecule is Cc1ccc2cc(CN3C(=O)NC4(CCC(C)CC4)C3=O)c(Cl)nc2c1C.